The summed E-state index contributed by atoms with van der Waals surface area (Å²) >= 11 is 0. The number of ether oxygens (including phenoxy) is 1. The van der Waals surface area contributed by atoms with E-state index < -0.39 is 0 Å². The number of rotatable bonds is 6. The number of hydrogen-bond acceptors (Lipinski definition) is 3. The molecular formula is C19H26N4O2. The summed E-state index contributed by atoms with van der Waals surface area (Å²) in [6.07, 6.45) is 8.34. The van der Waals surface area contributed by atoms with Crippen LogP contribution in [-0.4, -0.2) is 47.0 Å². The summed E-state index contributed by atoms with van der Waals surface area (Å²) in [4.78, 5) is 13.9. The molecule has 1 aromatic heterocycles. The fraction of sp³-hybridized carbons (Fsp3) is 0.474. The highest BCUT2D eigenvalue weighted by atomic mass is 16.5. The maximum atomic E-state index is 12.2. The van der Waals surface area contributed by atoms with Crippen LogP contribution in [0.25, 0.3) is 5.69 Å². The van der Waals surface area contributed by atoms with Gasteiger partial charge in [0.1, 0.15) is 0 Å². The summed E-state index contributed by atoms with van der Waals surface area (Å²) in [6, 6.07) is 9.91. The van der Waals surface area contributed by atoms with E-state index in [0.717, 1.165) is 37.1 Å². The lowest BCUT2D eigenvalue weighted by molar-refractivity contribution is 0.0118. The summed E-state index contributed by atoms with van der Waals surface area (Å²) in [5, 5.41) is 7.19. The van der Waals surface area contributed by atoms with E-state index in [1.54, 1.807) is 11.1 Å². The number of nitrogens with one attached hydrogen (secondary N) is 1. The Morgan fingerprint density at radius 2 is 2.20 bits per heavy atom. The summed E-state index contributed by atoms with van der Waals surface area (Å²) in [5.74, 6) is 0. The monoisotopic (exact) mass is 342 g/mol. The highest BCUT2D eigenvalue weighted by Gasteiger charge is 2.14. The van der Waals surface area contributed by atoms with Gasteiger partial charge in [0.2, 0.25) is 0 Å². The second kappa shape index (κ2) is 8.67. The second-order valence-corrected chi connectivity index (χ2v) is 6.48. The van der Waals surface area contributed by atoms with Crippen LogP contribution in [0.4, 0.5) is 4.79 Å². The largest absolute Gasteiger partial charge is 0.378 e. The Balaban J connectivity index is 1.43. The molecule has 2 amide bonds. The standard InChI is InChI=1S/C19H26N4O2/c1-22(19(24)20-12-10-18-5-2-3-14-25-18)15-16-6-8-17(9-7-16)23-13-4-11-21-23/h4,6-9,11,13,18H,2-3,5,10,12,14-15H2,1H3,(H,20,24). The third kappa shape index (κ3) is 5.06. The van der Waals surface area contributed by atoms with Gasteiger partial charge in [-0.1, -0.05) is 12.1 Å². The Morgan fingerprint density at radius 3 is 2.88 bits per heavy atom. The first-order valence-corrected chi connectivity index (χ1v) is 8.92. The Bertz CT molecular complexity index is 649. The Kier molecular flexibility index (Phi) is 6.06. The van der Waals surface area contributed by atoms with Crippen molar-refractivity contribution >= 4 is 6.03 Å². The molecule has 0 aliphatic carbocycles. The smallest absolute Gasteiger partial charge is 0.317 e. The molecule has 0 spiro atoms. The summed E-state index contributed by atoms with van der Waals surface area (Å²) in [6.45, 7) is 2.09. The molecule has 1 saturated heterocycles. The Morgan fingerprint density at radius 1 is 1.36 bits per heavy atom. The van der Waals surface area contributed by atoms with Gasteiger partial charge in [0, 0.05) is 39.1 Å². The lowest BCUT2D eigenvalue weighted by Gasteiger charge is -2.23. The molecule has 0 saturated carbocycles. The van der Waals surface area contributed by atoms with Gasteiger partial charge < -0.3 is 15.0 Å². The molecule has 1 aromatic carbocycles. The van der Waals surface area contributed by atoms with Crippen molar-refractivity contribution < 1.29 is 9.53 Å². The topological polar surface area (TPSA) is 59.4 Å². The number of urea groups is 1. The van der Waals surface area contributed by atoms with Crippen LogP contribution in [0.3, 0.4) is 0 Å². The van der Waals surface area contributed by atoms with Crippen LogP contribution in [0.5, 0.6) is 0 Å². The van der Waals surface area contributed by atoms with Gasteiger partial charge in [-0.25, -0.2) is 9.48 Å². The van der Waals surface area contributed by atoms with Gasteiger partial charge in [0.05, 0.1) is 11.8 Å². The predicted octanol–water partition coefficient (Wildman–Crippen LogP) is 2.97. The van der Waals surface area contributed by atoms with Crippen molar-refractivity contribution in [1.29, 1.82) is 0 Å². The molecule has 3 rings (SSSR count). The zero-order chi connectivity index (χ0) is 17.5. The van der Waals surface area contributed by atoms with Crippen molar-refractivity contribution in [2.75, 3.05) is 20.2 Å². The molecule has 1 atom stereocenters. The van der Waals surface area contributed by atoms with Crippen molar-refractivity contribution in [3.63, 3.8) is 0 Å². The van der Waals surface area contributed by atoms with Crippen LogP contribution < -0.4 is 5.32 Å². The summed E-state index contributed by atoms with van der Waals surface area (Å²) in [5.41, 5.74) is 2.09. The lowest BCUT2D eigenvalue weighted by Crippen LogP contribution is -2.38. The van der Waals surface area contributed by atoms with Gasteiger partial charge in [-0.05, 0) is 49.4 Å². The fourth-order valence-corrected chi connectivity index (χ4v) is 3.03. The number of aromatic nitrogens is 2. The molecule has 25 heavy (non-hydrogen) atoms. The first-order chi connectivity index (χ1) is 12.2. The number of carbonyl (C=O) groups is 1. The Hall–Kier alpha value is -2.34. The van der Waals surface area contributed by atoms with E-state index in [2.05, 4.69) is 10.4 Å². The van der Waals surface area contributed by atoms with Crippen molar-refractivity contribution in [1.82, 2.24) is 20.0 Å². The SMILES string of the molecule is CN(Cc1ccc(-n2cccn2)cc1)C(=O)NCCC1CCCCO1. The Labute approximate surface area is 148 Å². The lowest BCUT2D eigenvalue weighted by atomic mass is 10.1. The molecule has 2 aromatic rings. The molecule has 6 nitrogen and oxygen atoms in total. The molecule has 1 N–H and O–H groups in total. The van der Waals surface area contributed by atoms with Crippen LogP contribution in [0, 0.1) is 0 Å². The van der Waals surface area contributed by atoms with Gasteiger partial charge in [0.15, 0.2) is 0 Å². The van der Waals surface area contributed by atoms with Crippen molar-refractivity contribution in [2.45, 2.75) is 38.3 Å². The zero-order valence-corrected chi connectivity index (χ0v) is 14.7. The molecule has 1 unspecified atom stereocenters. The van der Waals surface area contributed by atoms with E-state index in [0.29, 0.717) is 19.2 Å². The van der Waals surface area contributed by atoms with Gasteiger partial charge >= 0.3 is 6.03 Å². The van der Waals surface area contributed by atoms with E-state index in [-0.39, 0.29) is 6.03 Å². The molecule has 0 bridgehead atoms. The molecule has 1 fully saturated rings. The van der Waals surface area contributed by atoms with E-state index in [9.17, 15) is 4.79 Å². The van der Waals surface area contributed by atoms with Gasteiger partial charge in [-0.15, -0.1) is 0 Å². The van der Waals surface area contributed by atoms with Crippen molar-refractivity contribution in [3.8, 4) is 5.69 Å². The molecule has 6 heteroatoms. The number of hydrogen-bond donors (Lipinski definition) is 1. The minimum Gasteiger partial charge on any atom is -0.378 e. The van der Waals surface area contributed by atoms with E-state index >= 15 is 0 Å². The third-order valence-electron chi connectivity index (χ3n) is 4.49. The van der Waals surface area contributed by atoms with Crippen LogP contribution in [0.2, 0.25) is 0 Å². The number of nitrogens with zero attached hydrogens (tertiary/aromatic N) is 3. The van der Waals surface area contributed by atoms with E-state index in [1.165, 1.54) is 6.42 Å². The van der Waals surface area contributed by atoms with Gasteiger partial charge in [0.25, 0.3) is 0 Å². The van der Waals surface area contributed by atoms with E-state index in [4.69, 9.17) is 4.74 Å². The first kappa shape index (κ1) is 17.5. The molecule has 0 radical (unpaired) electrons. The normalized spacial score (nSPS) is 17.2. The molecule has 1 aliphatic rings. The number of benzene rings is 1. The van der Waals surface area contributed by atoms with Crippen LogP contribution in [-0.2, 0) is 11.3 Å². The highest BCUT2D eigenvalue weighted by molar-refractivity contribution is 5.73. The second-order valence-electron chi connectivity index (χ2n) is 6.48. The summed E-state index contributed by atoms with van der Waals surface area (Å²) < 4.78 is 7.50. The van der Waals surface area contributed by atoms with Crippen LogP contribution >= 0.6 is 0 Å². The molecule has 134 valence electrons. The highest BCUT2D eigenvalue weighted by Crippen LogP contribution is 2.15. The average molecular weight is 342 g/mol. The average Bonchev–Trinajstić information content (AvgIpc) is 3.18. The number of carbonyl (C=O) groups excluding carboxylic acids is 1. The minimum atomic E-state index is -0.0491. The third-order valence-corrected chi connectivity index (χ3v) is 4.49. The van der Waals surface area contributed by atoms with Crippen molar-refractivity contribution in [2.24, 2.45) is 0 Å². The quantitative estimate of drug-likeness (QED) is 0.878. The maximum absolute atomic E-state index is 12.2. The molecule has 2 heterocycles. The molecule has 1 aliphatic heterocycles. The van der Waals surface area contributed by atoms with Crippen LogP contribution in [0.1, 0.15) is 31.2 Å². The predicted molar refractivity (Wildman–Crippen MR) is 96.6 cm³/mol. The minimum absolute atomic E-state index is 0.0491. The molecular weight excluding hydrogens is 316 g/mol. The fourth-order valence-electron chi connectivity index (χ4n) is 3.03. The summed E-state index contributed by atoms with van der Waals surface area (Å²) in [7, 11) is 1.81. The van der Waals surface area contributed by atoms with E-state index in [1.807, 2.05) is 48.3 Å². The van der Waals surface area contributed by atoms with Crippen LogP contribution in [0.15, 0.2) is 42.7 Å². The first-order valence-electron chi connectivity index (χ1n) is 8.92. The number of amides is 2. The van der Waals surface area contributed by atoms with Crippen molar-refractivity contribution in [3.05, 3.63) is 48.3 Å². The maximum Gasteiger partial charge on any atom is 0.317 e. The zero-order valence-electron chi connectivity index (χ0n) is 14.7. The van der Waals surface area contributed by atoms with Gasteiger partial charge in [-0.3, -0.25) is 0 Å². The van der Waals surface area contributed by atoms with Gasteiger partial charge in [-0.2, -0.15) is 5.10 Å².